The van der Waals surface area contributed by atoms with Gasteiger partial charge in [0.2, 0.25) is 11.7 Å². The minimum Gasteiger partial charge on any atom is -0.352 e. The van der Waals surface area contributed by atoms with Crippen molar-refractivity contribution in [2.24, 2.45) is 0 Å². The number of nitrogens with one attached hydrogen (secondary N) is 1. The fraction of sp³-hybridized carbons (Fsp3) is 0.167. The predicted octanol–water partition coefficient (Wildman–Crippen LogP) is 3.16. The summed E-state index contributed by atoms with van der Waals surface area (Å²) in [5.41, 5.74) is 1.98. The number of halogens is 1. The van der Waals surface area contributed by atoms with E-state index >= 15 is 0 Å². The van der Waals surface area contributed by atoms with E-state index in [-0.39, 0.29) is 17.3 Å². The van der Waals surface area contributed by atoms with E-state index in [0.29, 0.717) is 24.4 Å². The molecule has 0 atom stereocenters. The zero-order chi connectivity index (χ0) is 16.9. The summed E-state index contributed by atoms with van der Waals surface area (Å²) < 4.78 is 18.8. The Balaban J connectivity index is 1.57. The van der Waals surface area contributed by atoms with E-state index in [1.54, 1.807) is 30.3 Å². The van der Waals surface area contributed by atoms with Gasteiger partial charge >= 0.3 is 0 Å². The highest BCUT2D eigenvalue weighted by atomic mass is 19.1. The summed E-state index contributed by atoms with van der Waals surface area (Å²) in [6, 6.07) is 13.5. The summed E-state index contributed by atoms with van der Waals surface area (Å²) >= 11 is 0. The van der Waals surface area contributed by atoms with E-state index in [1.165, 1.54) is 6.07 Å². The monoisotopic (exact) mass is 325 g/mol. The first-order chi connectivity index (χ1) is 11.6. The second-order valence-corrected chi connectivity index (χ2v) is 5.36. The second kappa shape index (κ2) is 7.04. The smallest absolute Gasteiger partial charge is 0.251 e. The van der Waals surface area contributed by atoms with Gasteiger partial charge in [0.05, 0.1) is 5.56 Å². The van der Waals surface area contributed by atoms with Crippen molar-refractivity contribution < 1.29 is 13.7 Å². The molecule has 1 heterocycles. The Kier molecular flexibility index (Phi) is 4.65. The molecule has 0 fully saturated rings. The highest BCUT2D eigenvalue weighted by Gasteiger charge is 2.12. The number of amides is 1. The van der Waals surface area contributed by atoms with Crippen molar-refractivity contribution in [3.8, 4) is 11.4 Å². The van der Waals surface area contributed by atoms with Crippen molar-refractivity contribution in [2.45, 2.75) is 13.3 Å². The van der Waals surface area contributed by atoms with Gasteiger partial charge in [-0.3, -0.25) is 4.79 Å². The normalized spacial score (nSPS) is 10.6. The van der Waals surface area contributed by atoms with Crippen LogP contribution in [0.3, 0.4) is 0 Å². The van der Waals surface area contributed by atoms with Crippen LogP contribution in [0.15, 0.2) is 53.1 Å². The van der Waals surface area contributed by atoms with Crippen molar-refractivity contribution in [2.75, 3.05) is 6.54 Å². The summed E-state index contributed by atoms with van der Waals surface area (Å²) in [5.74, 6) is -0.0215. The Morgan fingerprint density at radius 1 is 1.17 bits per heavy atom. The molecule has 5 nitrogen and oxygen atoms in total. The highest BCUT2D eigenvalue weighted by Crippen LogP contribution is 2.19. The van der Waals surface area contributed by atoms with E-state index < -0.39 is 5.82 Å². The van der Waals surface area contributed by atoms with Crippen LogP contribution in [0.5, 0.6) is 0 Å². The lowest BCUT2D eigenvalue weighted by Crippen LogP contribution is -2.25. The number of carbonyl (C=O) groups is 1. The molecular formula is C18H16FN3O2. The molecule has 1 amide bonds. The van der Waals surface area contributed by atoms with Crippen LogP contribution in [0.2, 0.25) is 0 Å². The molecule has 0 saturated heterocycles. The van der Waals surface area contributed by atoms with E-state index in [1.807, 2.05) is 19.1 Å². The number of hydrogen-bond donors (Lipinski definition) is 1. The third kappa shape index (κ3) is 3.65. The zero-order valence-electron chi connectivity index (χ0n) is 13.1. The number of benzene rings is 2. The van der Waals surface area contributed by atoms with Crippen LogP contribution < -0.4 is 5.32 Å². The van der Waals surface area contributed by atoms with Gasteiger partial charge in [0.1, 0.15) is 5.82 Å². The van der Waals surface area contributed by atoms with Crippen LogP contribution in [0, 0.1) is 12.7 Å². The number of nitrogens with zero attached hydrogens (tertiary/aromatic N) is 2. The molecule has 0 aliphatic carbocycles. The van der Waals surface area contributed by atoms with Crippen LogP contribution in [-0.2, 0) is 6.42 Å². The van der Waals surface area contributed by atoms with Gasteiger partial charge in [0.25, 0.3) is 5.91 Å². The first-order valence-corrected chi connectivity index (χ1v) is 7.56. The molecule has 3 aromatic rings. The summed E-state index contributed by atoms with van der Waals surface area (Å²) in [4.78, 5) is 16.1. The summed E-state index contributed by atoms with van der Waals surface area (Å²) in [5, 5.41) is 6.56. The van der Waals surface area contributed by atoms with Crippen molar-refractivity contribution in [1.82, 2.24) is 15.5 Å². The van der Waals surface area contributed by atoms with E-state index in [2.05, 4.69) is 15.5 Å². The molecule has 1 N–H and O–H groups in total. The largest absolute Gasteiger partial charge is 0.352 e. The van der Waals surface area contributed by atoms with Gasteiger partial charge in [-0.1, -0.05) is 35.0 Å². The summed E-state index contributed by atoms with van der Waals surface area (Å²) in [6.45, 7) is 2.32. The van der Waals surface area contributed by atoms with Crippen molar-refractivity contribution in [3.63, 3.8) is 0 Å². The summed E-state index contributed by atoms with van der Waals surface area (Å²) in [6.07, 6.45) is 0.374. The molecule has 6 heteroatoms. The van der Waals surface area contributed by atoms with E-state index in [9.17, 15) is 9.18 Å². The van der Waals surface area contributed by atoms with Crippen molar-refractivity contribution in [3.05, 3.63) is 71.4 Å². The first kappa shape index (κ1) is 15.9. The minimum atomic E-state index is -0.405. The zero-order valence-corrected chi connectivity index (χ0v) is 13.1. The molecule has 0 radical (unpaired) electrons. The Hall–Kier alpha value is -3.02. The van der Waals surface area contributed by atoms with Gasteiger partial charge in [-0.2, -0.15) is 4.98 Å². The van der Waals surface area contributed by atoms with Crippen LogP contribution in [0.1, 0.15) is 21.8 Å². The molecule has 0 aliphatic heterocycles. The van der Waals surface area contributed by atoms with Gasteiger partial charge in [-0.25, -0.2) is 4.39 Å². The van der Waals surface area contributed by atoms with Crippen LogP contribution >= 0.6 is 0 Å². The van der Waals surface area contributed by atoms with Crippen LogP contribution in [-0.4, -0.2) is 22.6 Å². The number of rotatable bonds is 5. The van der Waals surface area contributed by atoms with Crippen LogP contribution in [0.4, 0.5) is 4.39 Å². The molecule has 24 heavy (non-hydrogen) atoms. The SMILES string of the molecule is Cc1ccc(C(=O)NCCc2nc(-c3ccccc3F)no2)cc1. The van der Waals surface area contributed by atoms with Crippen LogP contribution in [0.25, 0.3) is 11.4 Å². The topological polar surface area (TPSA) is 68.0 Å². The average molecular weight is 325 g/mol. The molecule has 0 bridgehead atoms. The molecule has 3 rings (SSSR count). The maximum Gasteiger partial charge on any atom is 0.251 e. The molecule has 0 spiro atoms. The first-order valence-electron chi connectivity index (χ1n) is 7.56. The fourth-order valence-electron chi connectivity index (χ4n) is 2.20. The molecule has 1 aromatic heterocycles. The number of hydrogen-bond acceptors (Lipinski definition) is 4. The molecule has 0 aliphatic rings. The van der Waals surface area contributed by atoms with Gasteiger partial charge < -0.3 is 9.84 Å². The predicted molar refractivity (Wildman–Crippen MR) is 86.9 cm³/mol. The van der Waals surface area contributed by atoms with Gasteiger partial charge in [-0.15, -0.1) is 0 Å². The Morgan fingerprint density at radius 2 is 1.92 bits per heavy atom. The van der Waals surface area contributed by atoms with E-state index in [0.717, 1.165) is 5.56 Å². The number of carbonyl (C=O) groups excluding carboxylic acids is 1. The van der Waals surface area contributed by atoms with Crippen molar-refractivity contribution in [1.29, 1.82) is 0 Å². The Bertz CT molecular complexity index is 843. The maximum atomic E-state index is 13.7. The molecular weight excluding hydrogens is 309 g/mol. The summed E-state index contributed by atoms with van der Waals surface area (Å²) in [7, 11) is 0. The Labute approximate surface area is 138 Å². The lowest BCUT2D eigenvalue weighted by Gasteiger charge is -2.03. The third-order valence-electron chi connectivity index (χ3n) is 3.52. The lowest BCUT2D eigenvalue weighted by atomic mass is 10.1. The maximum absolute atomic E-state index is 13.7. The van der Waals surface area contributed by atoms with Crippen molar-refractivity contribution >= 4 is 5.91 Å². The lowest BCUT2D eigenvalue weighted by molar-refractivity contribution is 0.0953. The average Bonchev–Trinajstić information content (AvgIpc) is 3.04. The van der Waals surface area contributed by atoms with Gasteiger partial charge in [0.15, 0.2) is 0 Å². The number of aryl methyl sites for hydroxylation is 1. The molecule has 122 valence electrons. The standard InChI is InChI=1S/C18H16FN3O2/c1-12-6-8-13(9-7-12)18(23)20-11-10-16-21-17(22-24-16)14-4-2-3-5-15(14)19/h2-9H,10-11H2,1H3,(H,20,23). The van der Waals surface area contributed by atoms with Gasteiger partial charge in [0, 0.05) is 18.5 Å². The molecule has 2 aromatic carbocycles. The molecule has 0 unspecified atom stereocenters. The quantitative estimate of drug-likeness (QED) is 0.782. The van der Waals surface area contributed by atoms with Gasteiger partial charge in [-0.05, 0) is 31.2 Å². The van der Waals surface area contributed by atoms with E-state index in [4.69, 9.17) is 4.52 Å². The molecule has 0 saturated carbocycles. The number of aromatic nitrogens is 2. The Morgan fingerprint density at radius 3 is 2.67 bits per heavy atom. The fourth-order valence-corrected chi connectivity index (χ4v) is 2.20. The third-order valence-corrected chi connectivity index (χ3v) is 3.52. The second-order valence-electron chi connectivity index (χ2n) is 5.36. The highest BCUT2D eigenvalue weighted by molar-refractivity contribution is 5.94. The minimum absolute atomic E-state index is 0.163.